The highest BCUT2D eigenvalue weighted by molar-refractivity contribution is 14.1. The molecule has 0 radical (unpaired) electrons. The molecule has 3 rings (SSSR count). The lowest BCUT2D eigenvalue weighted by Gasteiger charge is -2.05. The van der Waals surface area contributed by atoms with Crippen LogP contribution in [0.15, 0.2) is 46.7 Å². The maximum atomic E-state index is 12.1. The Morgan fingerprint density at radius 1 is 1.37 bits per heavy atom. The number of hydrazone groups is 1. The first kappa shape index (κ1) is 20.4. The normalized spacial score (nSPS) is 11.4. The van der Waals surface area contributed by atoms with Crippen molar-refractivity contribution in [1.82, 2.24) is 15.0 Å². The molecule has 27 heavy (non-hydrogen) atoms. The third-order valence-corrected chi connectivity index (χ3v) is 6.14. The molecular weight excluding hydrogens is 590 g/mol. The van der Waals surface area contributed by atoms with Crippen molar-refractivity contribution in [3.8, 4) is 5.75 Å². The first-order valence-electron chi connectivity index (χ1n) is 8.07. The third kappa shape index (κ3) is 4.93. The standard InChI is InChI=1S/C18H16I2N4O2S/c1-2-24-15-6-4-3-5-14(15)22-18(24)27-10-16(25)23-21-9-11-7-12(19)8-13(20)17(11)26/h3-9,26H,2,10H2,1H3,(H,23,25)/b21-9-. The largest absolute Gasteiger partial charge is 0.506 e. The van der Waals surface area contributed by atoms with Crippen LogP contribution >= 0.6 is 56.9 Å². The van der Waals surface area contributed by atoms with Crippen molar-refractivity contribution in [1.29, 1.82) is 0 Å². The summed E-state index contributed by atoms with van der Waals surface area (Å²) in [5.74, 6) is 0.127. The van der Waals surface area contributed by atoms with Gasteiger partial charge in [0.2, 0.25) is 0 Å². The molecule has 1 amide bonds. The molecule has 2 aromatic carbocycles. The van der Waals surface area contributed by atoms with Gasteiger partial charge in [-0.05, 0) is 76.4 Å². The monoisotopic (exact) mass is 606 g/mol. The summed E-state index contributed by atoms with van der Waals surface area (Å²) in [6.45, 7) is 2.84. The lowest BCUT2D eigenvalue weighted by Crippen LogP contribution is -2.20. The van der Waals surface area contributed by atoms with E-state index >= 15 is 0 Å². The molecule has 0 saturated carbocycles. The first-order chi connectivity index (χ1) is 13.0. The Labute approximate surface area is 188 Å². The minimum atomic E-state index is -0.231. The Morgan fingerprint density at radius 3 is 2.93 bits per heavy atom. The Bertz CT molecular complexity index is 1020. The zero-order chi connectivity index (χ0) is 19.4. The van der Waals surface area contributed by atoms with Gasteiger partial charge in [0.05, 0.1) is 26.6 Å². The molecule has 0 spiro atoms. The van der Waals surface area contributed by atoms with Gasteiger partial charge in [-0.3, -0.25) is 4.79 Å². The van der Waals surface area contributed by atoms with Gasteiger partial charge >= 0.3 is 0 Å². The highest BCUT2D eigenvalue weighted by Gasteiger charge is 2.11. The van der Waals surface area contributed by atoms with Crippen LogP contribution in [0.4, 0.5) is 0 Å². The molecule has 0 aliphatic carbocycles. The van der Waals surface area contributed by atoms with Gasteiger partial charge < -0.3 is 9.67 Å². The number of aromatic nitrogens is 2. The number of hydrogen-bond acceptors (Lipinski definition) is 5. The number of amides is 1. The van der Waals surface area contributed by atoms with Crippen LogP contribution in [0.5, 0.6) is 5.75 Å². The number of rotatable bonds is 6. The second-order valence-electron chi connectivity index (χ2n) is 5.53. The number of phenolic OH excluding ortho intramolecular Hbond substituents is 1. The Morgan fingerprint density at radius 2 is 2.15 bits per heavy atom. The minimum Gasteiger partial charge on any atom is -0.506 e. The number of benzene rings is 2. The van der Waals surface area contributed by atoms with E-state index in [2.05, 4.69) is 72.2 Å². The van der Waals surface area contributed by atoms with Crippen LogP contribution < -0.4 is 5.43 Å². The van der Waals surface area contributed by atoms with E-state index in [4.69, 9.17) is 0 Å². The van der Waals surface area contributed by atoms with Crippen molar-refractivity contribution in [2.75, 3.05) is 5.75 Å². The molecular formula is C18H16I2N4O2S. The Hall–Kier alpha value is -1.34. The van der Waals surface area contributed by atoms with Crippen LogP contribution in [0, 0.1) is 7.14 Å². The summed E-state index contributed by atoms with van der Waals surface area (Å²) in [6.07, 6.45) is 1.45. The molecule has 0 fully saturated rings. The molecule has 2 N–H and O–H groups in total. The maximum Gasteiger partial charge on any atom is 0.250 e. The van der Waals surface area contributed by atoms with Crippen LogP contribution in [-0.4, -0.2) is 32.5 Å². The van der Waals surface area contributed by atoms with E-state index in [0.717, 1.165) is 29.9 Å². The molecule has 0 saturated heterocycles. The van der Waals surface area contributed by atoms with Gasteiger partial charge in [-0.25, -0.2) is 10.4 Å². The van der Waals surface area contributed by atoms with E-state index < -0.39 is 0 Å². The quantitative estimate of drug-likeness (QED) is 0.191. The molecule has 0 atom stereocenters. The van der Waals surface area contributed by atoms with E-state index in [1.165, 1.54) is 18.0 Å². The van der Waals surface area contributed by atoms with Crippen LogP contribution in [0.3, 0.4) is 0 Å². The zero-order valence-electron chi connectivity index (χ0n) is 14.3. The van der Waals surface area contributed by atoms with E-state index in [9.17, 15) is 9.90 Å². The molecule has 0 unspecified atom stereocenters. The van der Waals surface area contributed by atoms with Gasteiger partial charge in [0.25, 0.3) is 5.91 Å². The number of carbonyl (C=O) groups excluding carboxylic acids is 1. The predicted molar refractivity (Wildman–Crippen MR) is 125 cm³/mol. The number of phenols is 1. The van der Waals surface area contributed by atoms with Crippen molar-refractivity contribution in [2.24, 2.45) is 5.10 Å². The zero-order valence-corrected chi connectivity index (χ0v) is 19.4. The average molecular weight is 606 g/mol. The number of carbonyl (C=O) groups is 1. The number of fused-ring (bicyclic) bond motifs is 1. The van der Waals surface area contributed by atoms with Gasteiger partial charge in [0, 0.05) is 15.7 Å². The van der Waals surface area contributed by atoms with E-state index in [-0.39, 0.29) is 17.4 Å². The average Bonchev–Trinajstić information content (AvgIpc) is 3.01. The van der Waals surface area contributed by atoms with Gasteiger partial charge in [0.15, 0.2) is 5.16 Å². The molecule has 0 bridgehead atoms. The molecule has 9 heteroatoms. The van der Waals surface area contributed by atoms with Gasteiger partial charge in [-0.1, -0.05) is 23.9 Å². The number of nitrogens with one attached hydrogen (secondary N) is 1. The fourth-order valence-corrected chi connectivity index (χ4v) is 5.25. The lowest BCUT2D eigenvalue weighted by molar-refractivity contribution is -0.118. The molecule has 1 heterocycles. The van der Waals surface area contributed by atoms with Crippen molar-refractivity contribution in [3.05, 3.63) is 49.1 Å². The SMILES string of the molecule is CCn1c(SCC(=O)N/N=C\c2cc(I)cc(I)c2O)nc2ccccc21. The fourth-order valence-electron chi connectivity index (χ4n) is 2.49. The minimum absolute atomic E-state index is 0.153. The number of aryl methyl sites for hydroxylation is 1. The van der Waals surface area contributed by atoms with Gasteiger partial charge in [-0.15, -0.1) is 0 Å². The summed E-state index contributed by atoms with van der Waals surface area (Å²) in [4.78, 5) is 16.7. The summed E-state index contributed by atoms with van der Waals surface area (Å²) in [7, 11) is 0. The molecule has 0 aliphatic heterocycles. The lowest BCUT2D eigenvalue weighted by atomic mass is 10.2. The van der Waals surface area contributed by atoms with Crippen LogP contribution in [0.2, 0.25) is 0 Å². The van der Waals surface area contributed by atoms with E-state index in [1.807, 2.05) is 30.3 Å². The predicted octanol–water partition coefficient (Wildman–Crippen LogP) is 4.21. The smallest absolute Gasteiger partial charge is 0.250 e. The molecule has 6 nitrogen and oxygen atoms in total. The maximum absolute atomic E-state index is 12.1. The topological polar surface area (TPSA) is 79.5 Å². The third-order valence-electron chi connectivity index (χ3n) is 3.72. The molecule has 1 aromatic heterocycles. The molecule has 0 aliphatic rings. The highest BCUT2D eigenvalue weighted by atomic mass is 127. The fraction of sp³-hybridized carbons (Fsp3) is 0.167. The van der Waals surface area contributed by atoms with Crippen molar-refractivity contribution < 1.29 is 9.90 Å². The number of thioether (sulfide) groups is 1. The highest BCUT2D eigenvalue weighted by Crippen LogP contribution is 2.26. The Kier molecular flexibility index (Phi) is 6.98. The van der Waals surface area contributed by atoms with E-state index in [0.29, 0.717) is 5.56 Å². The number of aromatic hydroxyl groups is 1. The van der Waals surface area contributed by atoms with Crippen LogP contribution in [0.1, 0.15) is 12.5 Å². The number of nitrogens with zero attached hydrogens (tertiary/aromatic N) is 3. The number of imidazole rings is 1. The summed E-state index contributed by atoms with van der Waals surface area (Å²) in [6, 6.07) is 11.6. The molecule has 140 valence electrons. The summed E-state index contributed by atoms with van der Waals surface area (Å²) >= 11 is 5.60. The second-order valence-corrected chi connectivity index (χ2v) is 8.88. The van der Waals surface area contributed by atoms with Gasteiger partial charge in [-0.2, -0.15) is 5.10 Å². The van der Waals surface area contributed by atoms with Gasteiger partial charge in [0.1, 0.15) is 5.75 Å². The number of hydrogen-bond donors (Lipinski definition) is 2. The van der Waals surface area contributed by atoms with Crippen LogP contribution in [-0.2, 0) is 11.3 Å². The summed E-state index contributed by atoms with van der Waals surface area (Å²) in [5.41, 5.74) is 5.04. The second kappa shape index (κ2) is 9.24. The van der Waals surface area contributed by atoms with Crippen molar-refractivity contribution in [2.45, 2.75) is 18.6 Å². The van der Waals surface area contributed by atoms with Crippen molar-refractivity contribution in [3.63, 3.8) is 0 Å². The Balaban J connectivity index is 1.62. The first-order valence-corrected chi connectivity index (χ1v) is 11.2. The summed E-state index contributed by atoms with van der Waals surface area (Å²) in [5, 5.41) is 14.8. The summed E-state index contributed by atoms with van der Waals surface area (Å²) < 4.78 is 3.81. The molecule has 3 aromatic rings. The van der Waals surface area contributed by atoms with Crippen LogP contribution in [0.25, 0.3) is 11.0 Å². The number of para-hydroxylation sites is 2. The van der Waals surface area contributed by atoms with Crippen molar-refractivity contribution >= 4 is 80.1 Å². The number of halogens is 2. The van der Waals surface area contributed by atoms with E-state index in [1.54, 1.807) is 6.07 Å².